The number of fused-ring (bicyclic) bond motifs is 3. The van der Waals surface area contributed by atoms with Crippen LogP contribution in [0.1, 0.15) is 28.7 Å². The molecule has 0 fully saturated rings. The summed E-state index contributed by atoms with van der Waals surface area (Å²) in [5.74, 6) is 6.99. The fraction of sp³-hybridized carbons (Fsp3) is 0.167. The summed E-state index contributed by atoms with van der Waals surface area (Å²) >= 11 is 0. The minimum atomic E-state index is 0.457. The van der Waals surface area contributed by atoms with Crippen LogP contribution in [-0.2, 0) is 6.42 Å². The first-order chi connectivity index (χ1) is 13.1. The zero-order valence-electron chi connectivity index (χ0n) is 15.6. The number of nitrogens with two attached hydrogens (primary N) is 1. The Labute approximate surface area is 159 Å². The normalized spacial score (nSPS) is 10.7. The molecule has 0 aliphatic heterocycles. The van der Waals surface area contributed by atoms with Gasteiger partial charge >= 0.3 is 0 Å². The van der Waals surface area contributed by atoms with Crippen molar-refractivity contribution in [1.82, 2.24) is 9.97 Å². The highest BCUT2D eigenvalue weighted by atomic mass is 14.9. The number of rotatable bonds is 2. The quantitative estimate of drug-likeness (QED) is 0.410. The molecule has 2 aromatic carbocycles. The molecule has 0 saturated carbocycles. The van der Waals surface area contributed by atoms with Crippen LogP contribution in [0, 0.1) is 25.7 Å². The summed E-state index contributed by atoms with van der Waals surface area (Å²) in [7, 11) is 0. The van der Waals surface area contributed by atoms with E-state index < -0.39 is 0 Å². The third-order valence-electron chi connectivity index (χ3n) is 4.82. The first kappa shape index (κ1) is 17.1. The Morgan fingerprint density at radius 3 is 2.70 bits per heavy atom. The third-order valence-corrected chi connectivity index (χ3v) is 4.82. The summed E-state index contributed by atoms with van der Waals surface area (Å²) in [4.78, 5) is 8.94. The van der Waals surface area contributed by atoms with Crippen molar-refractivity contribution in [2.24, 2.45) is 0 Å². The number of hydrogen-bond donors (Lipinski definition) is 1. The van der Waals surface area contributed by atoms with Gasteiger partial charge in [-0.05, 0) is 43.5 Å². The molecule has 0 saturated heterocycles. The maximum Gasteiger partial charge on any atom is 0.150 e. The van der Waals surface area contributed by atoms with E-state index in [0.717, 1.165) is 40.2 Å². The van der Waals surface area contributed by atoms with Crippen LogP contribution in [0.3, 0.4) is 0 Å². The van der Waals surface area contributed by atoms with Crippen molar-refractivity contribution in [3.8, 4) is 11.8 Å². The van der Waals surface area contributed by atoms with Gasteiger partial charge < -0.3 is 5.73 Å². The fourth-order valence-corrected chi connectivity index (χ4v) is 3.41. The molecule has 0 amide bonds. The lowest BCUT2D eigenvalue weighted by atomic mass is 10.0. The number of anilines is 1. The van der Waals surface area contributed by atoms with Crippen LogP contribution in [0.25, 0.3) is 21.8 Å². The Kier molecular flexibility index (Phi) is 4.48. The van der Waals surface area contributed by atoms with Crippen LogP contribution >= 0.6 is 0 Å². The number of nitrogens with zero attached hydrogens (tertiary/aromatic N) is 2. The molecule has 0 spiro atoms. The molecule has 0 aliphatic rings. The van der Waals surface area contributed by atoms with Gasteiger partial charge in [0.1, 0.15) is 5.52 Å². The number of nitrogen functional groups attached to an aromatic ring is 1. The lowest BCUT2D eigenvalue weighted by Crippen LogP contribution is -1.96. The summed E-state index contributed by atoms with van der Waals surface area (Å²) in [5.41, 5.74) is 12.6. The van der Waals surface area contributed by atoms with Crippen LogP contribution in [0.15, 0.2) is 54.7 Å². The van der Waals surface area contributed by atoms with Gasteiger partial charge in [-0.1, -0.05) is 53.8 Å². The van der Waals surface area contributed by atoms with Crippen molar-refractivity contribution < 1.29 is 0 Å². The highest BCUT2D eigenvalue weighted by molar-refractivity contribution is 6.08. The van der Waals surface area contributed by atoms with Gasteiger partial charge in [0.05, 0.1) is 5.52 Å². The molecule has 0 atom stereocenters. The van der Waals surface area contributed by atoms with Crippen molar-refractivity contribution in [3.05, 3.63) is 77.0 Å². The Balaban J connectivity index is 1.61. The fourth-order valence-electron chi connectivity index (χ4n) is 3.41. The molecule has 0 bridgehead atoms. The first-order valence-electron chi connectivity index (χ1n) is 9.11. The van der Waals surface area contributed by atoms with E-state index in [0.29, 0.717) is 5.82 Å². The zero-order chi connectivity index (χ0) is 18.8. The molecule has 3 nitrogen and oxygen atoms in total. The molecule has 2 aromatic heterocycles. The lowest BCUT2D eigenvalue weighted by Gasteiger charge is -2.06. The number of para-hydroxylation sites is 1. The molecule has 27 heavy (non-hydrogen) atoms. The summed E-state index contributed by atoms with van der Waals surface area (Å²) in [6.07, 6.45) is 3.56. The molecule has 0 unspecified atom stereocenters. The van der Waals surface area contributed by atoms with Crippen molar-refractivity contribution in [2.75, 3.05) is 5.73 Å². The van der Waals surface area contributed by atoms with E-state index in [-0.39, 0.29) is 0 Å². The lowest BCUT2D eigenvalue weighted by molar-refractivity contribution is 1.01. The van der Waals surface area contributed by atoms with Crippen molar-refractivity contribution in [1.29, 1.82) is 0 Å². The van der Waals surface area contributed by atoms with E-state index in [4.69, 9.17) is 5.73 Å². The number of pyridine rings is 2. The molecule has 2 heterocycles. The maximum absolute atomic E-state index is 6.07. The predicted octanol–water partition coefficient (Wildman–Crippen LogP) is 4.97. The summed E-state index contributed by atoms with van der Waals surface area (Å²) in [5, 5.41) is 2.05. The largest absolute Gasteiger partial charge is 0.382 e. The SMILES string of the molecule is Cc1ccc(CCC#Cc2cnc3c(N)nc4ccccc4c3c2)c(C)c1. The second kappa shape index (κ2) is 7.09. The topological polar surface area (TPSA) is 51.8 Å². The van der Waals surface area contributed by atoms with Crippen LogP contribution in [0.5, 0.6) is 0 Å². The van der Waals surface area contributed by atoms with Gasteiger partial charge in [-0.15, -0.1) is 0 Å². The van der Waals surface area contributed by atoms with Gasteiger partial charge in [-0.2, -0.15) is 0 Å². The maximum atomic E-state index is 6.07. The predicted molar refractivity (Wildman–Crippen MR) is 113 cm³/mol. The van der Waals surface area contributed by atoms with Crippen LogP contribution < -0.4 is 5.73 Å². The average molecular weight is 351 g/mol. The van der Waals surface area contributed by atoms with Crippen LogP contribution in [0.2, 0.25) is 0 Å². The van der Waals surface area contributed by atoms with Gasteiger partial charge in [0.25, 0.3) is 0 Å². The molecule has 4 rings (SSSR count). The van der Waals surface area contributed by atoms with E-state index in [9.17, 15) is 0 Å². The number of benzene rings is 2. The minimum absolute atomic E-state index is 0.457. The number of hydrogen-bond acceptors (Lipinski definition) is 3. The summed E-state index contributed by atoms with van der Waals surface area (Å²) in [6.45, 7) is 4.28. The van der Waals surface area contributed by atoms with Crippen molar-refractivity contribution in [3.63, 3.8) is 0 Å². The van der Waals surface area contributed by atoms with Crippen LogP contribution in [0.4, 0.5) is 5.82 Å². The molecule has 0 radical (unpaired) electrons. The van der Waals surface area contributed by atoms with Crippen molar-refractivity contribution >= 4 is 27.6 Å². The standard InChI is InChI=1S/C24H21N3/c1-16-11-12-19(17(2)13-16)8-4-3-7-18-14-21-20-9-5-6-10-22(20)27-24(25)23(21)26-15-18/h5-6,9-15H,4,8H2,1-2H3,(H2,25,27). The second-order valence-corrected chi connectivity index (χ2v) is 6.87. The van der Waals surface area contributed by atoms with E-state index in [1.54, 1.807) is 6.20 Å². The Morgan fingerprint density at radius 2 is 1.85 bits per heavy atom. The molecular formula is C24H21N3. The molecule has 2 N–H and O–H groups in total. The van der Waals surface area contributed by atoms with Gasteiger partial charge in [-0.3, -0.25) is 4.98 Å². The van der Waals surface area contributed by atoms with Crippen molar-refractivity contribution in [2.45, 2.75) is 26.7 Å². The number of aryl methyl sites for hydroxylation is 3. The Bertz CT molecular complexity index is 1210. The Hall–Kier alpha value is -3.38. The van der Waals surface area contributed by atoms with E-state index in [1.807, 2.05) is 24.3 Å². The highest BCUT2D eigenvalue weighted by Gasteiger charge is 2.07. The summed E-state index contributed by atoms with van der Waals surface area (Å²) < 4.78 is 0. The molecule has 132 valence electrons. The van der Waals surface area contributed by atoms with Gasteiger partial charge in [0, 0.05) is 29.0 Å². The van der Waals surface area contributed by atoms with E-state index in [2.05, 4.69) is 59.9 Å². The summed E-state index contributed by atoms with van der Waals surface area (Å²) in [6, 6.07) is 16.6. The Morgan fingerprint density at radius 1 is 1.00 bits per heavy atom. The van der Waals surface area contributed by atoms with Gasteiger partial charge in [0.15, 0.2) is 5.82 Å². The minimum Gasteiger partial charge on any atom is -0.382 e. The van der Waals surface area contributed by atoms with E-state index >= 15 is 0 Å². The van der Waals surface area contributed by atoms with E-state index in [1.165, 1.54) is 16.7 Å². The smallest absolute Gasteiger partial charge is 0.150 e. The monoisotopic (exact) mass is 351 g/mol. The highest BCUT2D eigenvalue weighted by Crippen LogP contribution is 2.26. The van der Waals surface area contributed by atoms with Crippen LogP contribution in [-0.4, -0.2) is 9.97 Å². The van der Waals surface area contributed by atoms with Gasteiger partial charge in [-0.25, -0.2) is 4.98 Å². The number of aromatic nitrogens is 2. The molecule has 4 aromatic rings. The molecule has 3 heteroatoms. The average Bonchev–Trinajstić information content (AvgIpc) is 2.67. The first-order valence-corrected chi connectivity index (χ1v) is 9.11. The molecule has 0 aliphatic carbocycles. The van der Waals surface area contributed by atoms with Gasteiger partial charge in [0.2, 0.25) is 0 Å². The molecular weight excluding hydrogens is 330 g/mol. The zero-order valence-corrected chi connectivity index (χ0v) is 15.6. The third kappa shape index (κ3) is 3.47. The second-order valence-electron chi connectivity index (χ2n) is 6.87.